The molecule has 0 fully saturated rings. The van der Waals surface area contributed by atoms with Crippen LogP contribution in [0.5, 0.6) is 0 Å². The van der Waals surface area contributed by atoms with Gasteiger partial charge in [0, 0.05) is 6.42 Å². The van der Waals surface area contributed by atoms with Crippen LogP contribution in [0.4, 0.5) is 0 Å². The molecule has 0 aliphatic carbocycles. The molecule has 3 atom stereocenters. The van der Waals surface area contributed by atoms with Crippen LogP contribution in [0.3, 0.4) is 0 Å². The maximum absolute atomic E-state index is 12.8. The fraction of sp³-hybridized carbons (Fsp3) is 0.865. The summed E-state index contributed by atoms with van der Waals surface area (Å²) in [5.74, 6) is -0.167. The van der Waals surface area contributed by atoms with Crippen molar-refractivity contribution in [2.75, 3.05) is 40.9 Å². The molecule has 1 amide bonds. The summed E-state index contributed by atoms with van der Waals surface area (Å²) in [5.41, 5.74) is 0. The van der Waals surface area contributed by atoms with Gasteiger partial charge >= 0.3 is 7.82 Å². The zero-order chi connectivity index (χ0) is 34.4. The minimum absolute atomic E-state index is 0.0679. The van der Waals surface area contributed by atoms with Gasteiger partial charge in [-0.2, -0.15) is 0 Å². The van der Waals surface area contributed by atoms with Gasteiger partial charge in [0.2, 0.25) is 5.91 Å². The van der Waals surface area contributed by atoms with E-state index in [0.717, 1.165) is 57.8 Å². The summed E-state index contributed by atoms with van der Waals surface area (Å²) in [7, 11) is 1.59. The van der Waals surface area contributed by atoms with Gasteiger partial charge in [0.1, 0.15) is 13.2 Å². The molecule has 0 saturated carbocycles. The van der Waals surface area contributed by atoms with Crippen LogP contribution in [0, 0.1) is 0 Å². The van der Waals surface area contributed by atoms with Crippen molar-refractivity contribution in [3.05, 3.63) is 24.3 Å². The van der Waals surface area contributed by atoms with E-state index in [1.165, 1.54) is 70.6 Å². The van der Waals surface area contributed by atoms with E-state index in [9.17, 15) is 19.4 Å². The molecule has 0 spiro atoms. The Hall–Kier alpha value is -1.02. The largest absolute Gasteiger partial charge is 0.472 e. The van der Waals surface area contributed by atoms with E-state index in [-0.39, 0.29) is 19.1 Å². The second kappa shape index (κ2) is 30.1. The van der Waals surface area contributed by atoms with Gasteiger partial charge in [-0.25, -0.2) is 4.57 Å². The number of carbonyl (C=O) groups excluding carboxylic acids is 1. The number of hydrogen-bond acceptors (Lipinski definition) is 5. The predicted molar refractivity (Wildman–Crippen MR) is 194 cm³/mol. The standard InChI is InChI=1S/C37H73N2O6P/c1-6-8-10-12-14-16-18-19-21-23-25-27-29-31-37(41)38-35(34-45-46(42,43)44-33-32-39(3,4)5)36(40)30-28-26-24-22-20-17-15-13-11-9-7-2/h16,18,20,22,35-36,40H,6-15,17,19,21,23-34H2,1-5H3,(H-,38,41,42,43)/p+1/b18-16+,22-20+/t35-,36+/m0/s1. The third kappa shape index (κ3) is 31.6. The lowest BCUT2D eigenvalue weighted by atomic mass is 10.0. The molecular weight excluding hydrogens is 599 g/mol. The van der Waals surface area contributed by atoms with Crippen molar-refractivity contribution >= 4 is 13.7 Å². The molecule has 8 nitrogen and oxygen atoms in total. The van der Waals surface area contributed by atoms with Crippen molar-refractivity contribution in [3.8, 4) is 0 Å². The summed E-state index contributed by atoms with van der Waals surface area (Å²) in [6.07, 6.45) is 32.0. The number of quaternary nitrogens is 1. The van der Waals surface area contributed by atoms with Crippen molar-refractivity contribution < 1.29 is 32.9 Å². The first-order chi connectivity index (χ1) is 22.0. The summed E-state index contributed by atoms with van der Waals surface area (Å²) < 4.78 is 23.4. The highest BCUT2D eigenvalue weighted by molar-refractivity contribution is 7.47. The Morgan fingerprint density at radius 2 is 1.17 bits per heavy atom. The third-order valence-electron chi connectivity index (χ3n) is 8.17. The van der Waals surface area contributed by atoms with Gasteiger partial charge < -0.3 is 19.8 Å². The van der Waals surface area contributed by atoms with Crippen molar-refractivity contribution in [2.45, 2.75) is 167 Å². The first-order valence-electron chi connectivity index (χ1n) is 18.7. The number of aliphatic hydroxyl groups excluding tert-OH is 1. The number of phosphoric acid groups is 1. The number of aliphatic hydroxyl groups is 1. The van der Waals surface area contributed by atoms with Crippen LogP contribution in [0.1, 0.15) is 155 Å². The highest BCUT2D eigenvalue weighted by atomic mass is 31.2. The van der Waals surface area contributed by atoms with E-state index in [1.807, 2.05) is 21.1 Å². The second-order valence-electron chi connectivity index (χ2n) is 13.9. The van der Waals surface area contributed by atoms with Crippen molar-refractivity contribution in [1.29, 1.82) is 0 Å². The molecule has 0 aliphatic heterocycles. The van der Waals surface area contributed by atoms with E-state index in [2.05, 4.69) is 43.5 Å². The number of nitrogens with zero attached hydrogens (tertiary/aromatic N) is 1. The summed E-state index contributed by atoms with van der Waals surface area (Å²) in [5, 5.41) is 13.8. The lowest BCUT2D eigenvalue weighted by Crippen LogP contribution is -2.46. The van der Waals surface area contributed by atoms with Gasteiger partial charge in [0.25, 0.3) is 0 Å². The van der Waals surface area contributed by atoms with E-state index in [4.69, 9.17) is 9.05 Å². The zero-order valence-electron chi connectivity index (χ0n) is 30.6. The highest BCUT2D eigenvalue weighted by Gasteiger charge is 2.28. The van der Waals surface area contributed by atoms with Gasteiger partial charge in [-0.1, -0.05) is 109 Å². The molecule has 0 aromatic heterocycles. The maximum Gasteiger partial charge on any atom is 0.472 e. The molecule has 3 N–H and O–H groups in total. The SMILES string of the molecule is CCCCCC/C=C/CCCCCCCC(=O)N[C@@H](COP(=O)(O)OCC[N+](C)(C)C)[C@H](O)CCCC/C=C/CCCCCCC. The summed E-state index contributed by atoms with van der Waals surface area (Å²) in [4.78, 5) is 23.0. The molecule has 0 rings (SSSR count). The van der Waals surface area contributed by atoms with E-state index >= 15 is 0 Å². The van der Waals surface area contributed by atoms with Gasteiger partial charge in [-0.3, -0.25) is 13.8 Å². The zero-order valence-corrected chi connectivity index (χ0v) is 31.5. The van der Waals surface area contributed by atoms with Crippen LogP contribution in [0.25, 0.3) is 0 Å². The normalized spacial score (nSPS) is 15.0. The van der Waals surface area contributed by atoms with Crippen LogP contribution in [0.15, 0.2) is 24.3 Å². The molecule has 1 unspecified atom stereocenters. The number of rotatable bonds is 33. The van der Waals surface area contributed by atoms with E-state index < -0.39 is 20.0 Å². The number of likely N-dealkylation sites (N-methyl/N-ethyl adjacent to an activating group) is 1. The molecule has 0 radical (unpaired) electrons. The Morgan fingerprint density at radius 1 is 0.717 bits per heavy atom. The minimum atomic E-state index is -4.31. The van der Waals surface area contributed by atoms with E-state index in [1.54, 1.807) is 0 Å². The number of phosphoric ester groups is 1. The molecule has 0 aromatic rings. The Morgan fingerprint density at radius 3 is 1.70 bits per heavy atom. The average molecular weight is 674 g/mol. The van der Waals surface area contributed by atoms with Crippen LogP contribution < -0.4 is 5.32 Å². The second-order valence-corrected chi connectivity index (χ2v) is 15.4. The maximum atomic E-state index is 12.8. The number of amides is 1. The number of allylic oxidation sites excluding steroid dienone is 4. The van der Waals surface area contributed by atoms with E-state index in [0.29, 0.717) is 23.9 Å². The Balaban J connectivity index is 4.54. The van der Waals surface area contributed by atoms with Crippen LogP contribution in [0.2, 0.25) is 0 Å². The van der Waals surface area contributed by atoms with Gasteiger partial charge in [-0.05, 0) is 64.2 Å². The van der Waals surface area contributed by atoms with Crippen LogP contribution in [-0.4, -0.2) is 73.4 Å². The fourth-order valence-electron chi connectivity index (χ4n) is 5.09. The predicted octanol–water partition coefficient (Wildman–Crippen LogP) is 9.41. The molecule has 0 saturated heterocycles. The van der Waals surface area contributed by atoms with Gasteiger partial charge in [0.05, 0.1) is 39.9 Å². The summed E-state index contributed by atoms with van der Waals surface area (Å²) >= 11 is 0. The quantitative estimate of drug-likeness (QED) is 0.0278. The highest BCUT2D eigenvalue weighted by Crippen LogP contribution is 2.43. The topological polar surface area (TPSA) is 105 Å². The van der Waals surface area contributed by atoms with Crippen LogP contribution >= 0.6 is 7.82 Å². The van der Waals surface area contributed by atoms with Gasteiger partial charge in [0.15, 0.2) is 0 Å². The first-order valence-corrected chi connectivity index (χ1v) is 20.2. The van der Waals surface area contributed by atoms with Crippen molar-refractivity contribution in [2.24, 2.45) is 0 Å². The smallest absolute Gasteiger partial charge is 0.391 e. The Labute approximate surface area is 284 Å². The summed E-state index contributed by atoms with van der Waals surface area (Å²) in [6, 6.07) is -0.776. The lowest BCUT2D eigenvalue weighted by Gasteiger charge is -2.26. The first kappa shape index (κ1) is 45.0. The minimum Gasteiger partial charge on any atom is -0.391 e. The molecule has 272 valence electrons. The van der Waals surface area contributed by atoms with Gasteiger partial charge in [-0.15, -0.1) is 0 Å². The molecule has 0 heterocycles. The van der Waals surface area contributed by atoms with Crippen molar-refractivity contribution in [3.63, 3.8) is 0 Å². The number of carbonyl (C=O) groups is 1. The molecule has 9 heteroatoms. The average Bonchev–Trinajstić information content (AvgIpc) is 2.99. The lowest BCUT2D eigenvalue weighted by molar-refractivity contribution is -0.870. The Bertz CT molecular complexity index is 814. The monoisotopic (exact) mass is 674 g/mol. The molecule has 46 heavy (non-hydrogen) atoms. The number of nitrogens with one attached hydrogen (secondary N) is 1. The fourth-order valence-corrected chi connectivity index (χ4v) is 5.83. The molecular formula is C37H74N2O6P+. The number of unbranched alkanes of at least 4 members (excludes halogenated alkanes) is 16. The van der Waals surface area contributed by atoms with Crippen LogP contribution in [-0.2, 0) is 18.4 Å². The summed E-state index contributed by atoms with van der Waals surface area (Å²) in [6.45, 7) is 4.79. The molecule has 0 bridgehead atoms. The molecule has 0 aromatic carbocycles. The molecule has 0 aliphatic rings. The third-order valence-corrected chi connectivity index (χ3v) is 9.16. The Kier molecular flexibility index (Phi) is 29.4. The van der Waals surface area contributed by atoms with Crippen molar-refractivity contribution in [1.82, 2.24) is 5.32 Å². The number of hydrogen-bond donors (Lipinski definition) is 3.